The molecule has 30 heavy (non-hydrogen) atoms. The number of hydrogen-bond donors (Lipinski definition) is 3. The molecule has 0 bridgehead atoms. The molecule has 1 saturated heterocycles. The van der Waals surface area contributed by atoms with E-state index in [1.807, 2.05) is 36.4 Å². The first-order chi connectivity index (χ1) is 14.6. The molecule has 1 aliphatic rings. The van der Waals surface area contributed by atoms with Crippen LogP contribution in [0.15, 0.2) is 47.9 Å². The van der Waals surface area contributed by atoms with Crippen molar-refractivity contribution in [2.75, 3.05) is 19.5 Å². The molecule has 0 amide bonds. The van der Waals surface area contributed by atoms with Crippen molar-refractivity contribution in [1.29, 1.82) is 0 Å². The summed E-state index contributed by atoms with van der Waals surface area (Å²) in [5.41, 5.74) is 1.47. The average molecular weight is 430 g/mol. The molecule has 0 aliphatic carbocycles. The van der Waals surface area contributed by atoms with Gasteiger partial charge >= 0.3 is 0 Å². The van der Waals surface area contributed by atoms with Gasteiger partial charge in [-0.2, -0.15) is 5.10 Å². The molecule has 1 fully saturated rings. The topological polar surface area (TPSA) is 123 Å². The number of benzene rings is 1. The van der Waals surface area contributed by atoms with Gasteiger partial charge in [-0.15, -0.1) is 11.8 Å². The number of aliphatic hydroxyl groups excluding tert-OH is 3. The fourth-order valence-electron chi connectivity index (χ4n) is 3.33. The van der Waals surface area contributed by atoms with Gasteiger partial charge in [-0.05, 0) is 6.07 Å². The molecule has 3 aromatic rings. The van der Waals surface area contributed by atoms with Gasteiger partial charge in [0.05, 0.1) is 25.3 Å². The van der Waals surface area contributed by atoms with Gasteiger partial charge in [-0.3, -0.25) is 0 Å². The highest BCUT2D eigenvalue weighted by molar-refractivity contribution is 7.99. The maximum Gasteiger partial charge on any atom is 0.181 e. The van der Waals surface area contributed by atoms with Crippen LogP contribution in [-0.2, 0) is 4.74 Å². The van der Waals surface area contributed by atoms with E-state index in [2.05, 4.69) is 15.1 Å². The zero-order valence-corrected chi connectivity index (χ0v) is 17.0. The zero-order valence-electron chi connectivity index (χ0n) is 16.2. The molecule has 3 heterocycles. The summed E-state index contributed by atoms with van der Waals surface area (Å²) in [6, 6.07) is 7.77. The van der Waals surface area contributed by atoms with Crippen LogP contribution >= 0.6 is 11.8 Å². The van der Waals surface area contributed by atoms with Gasteiger partial charge in [-0.25, -0.2) is 14.6 Å². The number of aromatic nitrogens is 4. The van der Waals surface area contributed by atoms with Crippen LogP contribution in [0.2, 0.25) is 0 Å². The van der Waals surface area contributed by atoms with Gasteiger partial charge in [0.2, 0.25) is 0 Å². The first-order valence-electron chi connectivity index (χ1n) is 9.37. The first kappa shape index (κ1) is 20.8. The van der Waals surface area contributed by atoms with E-state index in [-0.39, 0.29) is 0 Å². The Labute approximate surface area is 177 Å². The fraction of sp³-hybridized carbons (Fsp3) is 0.350. The molecule has 0 saturated carbocycles. The molecule has 1 aliphatic heterocycles. The fourth-order valence-corrected chi connectivity index (χ4v) is 4.10. The van der Waals surface area contributed by atoms with E-state index in [1.165, 1.54) is 22.8 Å². The molecule has 158 valence electrons. The van der Waals surface area contributed by atoms with Crippen LogP contribution in [0.1, 0.15) is 11.8 Å². The predicted molar refractivity (Wildman–Crippen MR) is 111 cm³/mol. The summed E-state index contributed by atoms with van der Waals surface area (Å²) in [7, 11) is 1.64. The number of rotatable bonds is 7. The standard InChI is InChI=1S/C20H22N4O5S/c1-28-14-7-3-2-5-12(14)6-4-8-30-19-13-9-23-24(18(13)21-11-22-19)20-17(27)16(26)15(10-25)29-20/h2-7,9,11,15-17,20,25-27H,8,10H2,1H3/b6-4+/t15-,16-,17-,20?/m1/s1. The third kappa shape index (κ3) is 3.92. The number of ether oxygens (including phenoxy) is 2. The van der Waals surface area contributed by atoms with Crippen molar-refractivity contribution in [2.45, 2.75) is 29.6 Å². The molecule has 4 atom stereocenters. The SMILES string of the molecule is COc1ccccc1/C=C/CSc1ncnc2c1cnn2C1O[C@H](CO)[C@@H](O)[C@H]1O. The highest BCUT2D eigenvalue weighted by Crippen LogP contribution is 2.32. The van der Waals surface area contributed by atoms with Gasteiger partial charge in [0.1, 0.15) is 35.4 Å². The summed E-state index contributed by atoms with van der Waals surface area (Å²) in [6.07, 6.45) is 2.81. The van der Waals surface area contributed by atoms with E-state index in [1.54, 1.807) is 13.3 Å². The summed E-state index contributed by atoms with van der Waals surface area (Å²) in [5, 5.41) is 35.3. The maximum atomic E-state index is 10.3. The second-order valence-electron chi connectivity index (χ2n) is 6.69. The molecule has 0 spiro atoms. The molecule has 10 heteroatoms. The van der Waals surface area contributed by atoms with Crippen molar-refractivity contribution < 1.29 is 24.8 Å². The Balaban J connectivity index is 1.51. The van der Waals surface area contributed by atoms with E-state index in [0.29, 0.717) is 16.8 Å². The van der Waals surface area contributed by atoms with Crippen molar-refractivity contribution in [3.8, 4) is 5.75 Å². The van der Waals surface area contributed by atoms with Gasteiger partial charge < -0.3 is 24.8 Å². The second kappa shape index (κ2) is 9.11. The lowest BCUT2D eigenvalue weighted by atomic mass is 10.1. The summed E-state index contributed by atoms with van der Waals surface area (Å²) < 4.78 is 12.3. The molecule has 1 aromatic carbocycles. The molecule has 4 rings (SSSR count). The first-order valence-corrected chi connectivity index (χ1v) is 10.4. The number of thioether (sulfide) groups is 1. The van der Waals surface area contributed by atoms with E-state index in [9.17, 15) is 15.3 Å². The monoisotopic (exact) mass is 430 g/mol. The second-order valence-corrected chi connectivity index (χ2v) is 7.70. The third-order valence-corrected chi connectivity index (χ3v) is 5.82. The number of methoxy groups -OCH3 is 1. The predicted octanol–water partition coefficient (Wildman–Crippen LogP) is 1.25. The number of aliphatic hydroxyl groups is 3. The van der Waals surface area contributed by atoms with Gasteiger partial charge in [0.15, 0.2) is 11.9 Å². The molecular formula is C20H22N4O5S. The Morgan fingerprint density at radius 2 is 2.07 bits per heavy atom. The number of fused-ring (bicyclic) bond motifs is 1. The minimum atomic E-state index is -1.22. The van der Waals surface area contributed by atoms with Crippen LogP contribution in [0.25, 0.3) is 17.1 Å². The Bertz CT molecular complexity index is 1040. The lowest BCUT2D eigenvalue weighted by molar-refractivity contribution is -0.0566. The van der Waals surface area contributed by atoms with E-state index < -0.39 is 31.1 Å². The maximum absolute atomic E-state index is 10.3. The van der Waals surface area contributed by atoms with Crippen molar-refractivity contribution in [1.82, 2.24) is 19.7 Å². The number of hydrogen-bond acceptors (Lipinski definition) is 9. The number of nitrogens with zero attached hydrogens (tertiary/aromatic N) is 4. The molecule has 3 N–H and O–H groups in total. The lowest BCUT2D eigenvalue weighted by Crippen LogP contribution is -2.33. The number of para-hydroxylation sites is 1. The van der Waals surface area contributed by atoms with Crippen molar-refractivity contribution in [3.63, 3.8) is 0 Å². The normalized spacial score (nSPS) is 24.1. The van der Waals surface area contributed by atoms with Crippen LogP contribution in [0, 0.1) is 0 Å². The summed E-state index contributed by atoms with van der Waals surface area (Å²) in [5.74, 6) is 1.48. The quantitative estimate of drug-likeness (QED) is 0.375. The Morgan fingerprint density at radius 3 is 2.83 bits per heavy atom. The third-order valence-electron chi connectivity index (χ3n) is 4.87. The highest BCUT2D eigenvalue weighted by Gasteiger charge is 2.44. The summed E-state index contributed by atoms with van der Waals surface area (Å²) >= 11 is 1.52. The van der Waals surface area contributed by atoms with Crippen LogP contribution in [0.5, 0.6) is 5.75 Å². The smallest absolute Gasteiger partial charge is 0.181 e. The Kier molecular flexibility index (Phi) is 6.30. The minimum Gasteiger partial charge on any atom is -0.496 e. The van der Waals surface area contributed by atoms with Crippen LogP contribution < -0.4 is 4.74 Å². The molecule has 0 radical (unpaired) electrons. The van der Waals surface area contributed by atoms with Crippen LogP contribution in [0.3, 0.4) is 0 Å². The molecule has 9 nitrogen and oxygen atoms in total. The molecular weight excluding hydrogens is 408 g/mol. The Hall–Kier alpha value is -2.50. The van der Waals surface area contributed by atoms with E-state index in [4.69, 9.17) is 9.47 Å². The van der Waals surface area contributed by atoms with Gasteiger partial charge in [0.25, 0.3) is 0 Å². The Morgan fingerprint density at radius 1 is 1.23 bits per heavy atom. The average Bonchev–Trinajstić information content (AvgIpc) is 3.33. The highest BCUT2D eigenvalue weighted by atomic mass is 32.2. The van der Waals surface area contributed by atoms with Crippen molar-refractivity contribution in [3.05, 3.63) is 48.4 Å². The van der Waals surface area contributed by atoms with E-state index in [0.717, 1.165) is 16.3 Å². The van der Waals surface area contributed by atoms with Crippen LogP contribution in [0.4, 0.5) is 0 Å². The van der Waals surface area contributed by atoms with Gasteiger partial charge in [0, 0.05) is 11.3 Å². The largest absolute Gasteiger partial charge is 0.496 e. The van der Waals surface area contributed by atoms with Crippen molar-refractivity contribution in [2.24, 2.45) is 0 Å². The zero-order chi connectivity index (χ0) is 21.1. The minimum absolute atomic E-state index is 0.400. The van der Waals surface area contributed by atoms with Crippen LogP contribution in [-0.4, -0.2) is 72.8 Å². The van der Waals surface area contributed by atoms with Crippen molar-refractivity contribution >= 4 is 28.9 Å². The summed E-state index contributed by atoms with van der Waals surface area (Å²) in [6.45, 7) is -0.400. The van der Waals surface area contributed by atoms with E-state index >= 15 is 0 Å². The molecule has 2 aromatic heterocycles. The van der Waals surface area contributed by atoms with Gasteiger partial charge in [-0.1, -0.05) is 30.4 Å². The summed E-state index contributed by atoms with van der Waals surface area (Å²) in [4.78, 5) is 8.60. The molecule has 1 unspecified atom stereocenters. The lowest BCUT2D eigenvalue weighted by Gasteiger charge is -2.15.